The lowest BCUT2D eigenvalue weighted by atomic mass is 10.1. The highest BCUT2D eigenvalue weighted by molar-refractivity contribution is 7.99. The zero-order valence-corrected chi connectivity index (χ0v) is 14.2. The zero-order valence-electron chi connectivity index (χ0n) is 13.4. The van der Waals surface area contributed by atoms with Gasteiger partial charge in [-0.15, -0.1) is 11.8 Å². The molecule has 0 aliphatic carbocycles. The van der Waals surface area contributed by atoms with E-state index in [0.717, 1.165) is 12.1 Å². The van der Waals surface area contributed by atoms with E-state index in [4.69, 9.17) is 4.74 Å². The van der Waals surface area contributed by atoms with Crippen molar-refractivity contribution < 1.29 is 22.7 Å². The summed E-state index contributed by atoms with van der Waals surface area (Å²) in [7, 11) is 1.54. The van der Waals surface area contributed by atoms with Crippen LogP contribution in [0.4, 0.5) is 13.2 Å². The normalized spacial score (nSPS) is 17.6. The minimum Gasteiger partial charge on any atom is -0.497 e. The van der Waals surface area contributed by atoms with Gasteiger partial charge in [0, 0.05) is 17.9 Å². The first kappa shape index (κ1) is 17.7. The number of carbonyl (C=O) groups is 1. The molecule has 25 heavy (non-hydrogen) atoms. The largest absolute Gasteiger partial charge is 0.497 e. The Hall–Kier alpha value is -2.15. The van der Waals surface area contributed by atoms with Gasteiger partial charge in [-0.25, -0.2) is 0 Å². The van der Waals surface area contributed by atoms with Crippen LogP contribution in [0, 0.1) is 0 Å². The van der Waals surface area contributed by atoms with Crippen LogP contribution in [0.5, 0.6) is 5.75 Å². The van der Waals surface area contributed by atoms with E-state index in [1.165, 1.54) is 24.9 Å². The number of thioether (sulfide) groups is 1. The first-order valence-electron chi connectivity index (χ1n) is 7.64. The van der Waals surface area contributed by atoms with E-state index in [2.05, 4.69) is 0 Å². The Kier molecular flexibility index (Phi) is 4.94. The van der Waals surface area contributed by atoms with Crippen LogP contribution in [0.25, 0.3) is 0 Å². The molecule has 1 heterocycles. The van der Waals surface area contributed by atoms with Crippen LogP contribution in [0.15, 0.2) is 48.5 Å². The van der Waals surface area contributed by atoms with Gasteiger partial charge in [0.25, 0.3) is 5.91 Å². The Bertz CT molecular complexity index is 762. The van der Waals surface area contributed by atoms with E-state index in [1.807, 2.05) is 0 Å². The average molecular weight is 367 g/mol. The van der Waals surface area contributed by atoms with E-state index in [0.29, 0.717) is 29.2 Å². The monoisotopic (exact) mass is 367 g/mol. The van der Waals surface area contributed by atoms with Gasteiger partial charge in [-0.05, 0) is 42.0 Å². The fourth-order valence-corrected chi connectivity index (χ4v) is 3.97. The SMILES string of the molecule is COc1ccc(C(=O)N2CCS[C@@H]2c2cccc(C(F)(F)F)c2)cc1. The van der Waals surface area contributed by atoms with Gasteiger partial charge in [0.15, 0.2) is 0 Å². The summed E-state index contributed by atoms with van der Waals surface area (Å²) < 4.78 is 43.9. The molecule has 0 N–H and O–H groups in total. The molecule has 3 rings (SSSR count). The summed E-state index contributed by atoms with van der Waals surface area (Å²) in [6.45, 7) is 0.496. The van der Waals surface area contributed by atoms with Crippen molar-refractivity contribution in [3.63, 3.8) is 0 Å². The molecule has 1 aliphatic heterocycles. The van der Waals surface area contributed by atoms with Crippen molar-refractivity contribution in [2.24, 2.45) is 0 Å². The van der Waals surface area contributed by atoms with Gasteiger partial charge in [-0.3, -0.25) is 4.79 Å². The predicted octanol–water partition coefficient (Wildman–Crippen LogP) is 4.60. The second kappa shape index (κ2) is 7.00. The second-order valence-electron chi connectivity index (χ2n) is 5.57. The van der Waals surface area contributed by atoms with Gasteiger partial charge in [-0.1, -0.05) is 12.1 Å². The van der Waals surface area contributed by atoms with Crippen molar-refractivity contribution >= 4 is 17.7 Å². The summed E-state index contributed by atoms with van der Waals surface area (Å²) in [6, 6.07) is 11.9. The van der Waals surface area contributed by atoms with Gasteiger partial charge < -0.3 is 9.64 Å². The average Bonchev–Trinajstić information content (AvgIpc) is 3.10. The highest BCUT2D eigenvalue weighted by Gasteiger charge is 2.34. The van der Waals surface area contributed by atoms with Crippen LogP contribution in [-0.4, -0.2) is 30.2 Å². The van der Waals surface area contributed by atoms with Crippen LogP contribution >= 0.6 is 11.8 Å². The fourth-order valence-electron chi connectivity index (χ4n) is 2.72. The number of benzene rings is 2. The molecule has 0 unspecified atom stereocenters. The number of hydrogen-bond donors (Lipinski definition) is 0. The molecule has 1 amide bonds. The molecule has 0 aromatic heterocycles. The van der Waals surface area contributed by atoms with Gasteiger partial charge >= 0.3 is 6.18 Å². The highest BCUT2D eigenvalue weighted by atomic mass is 32.2. The van der Waals surface area contributed by atoms with Crippen molar-refractivity contribution in [3.05, 3.63) is 65.2 Å². The fraction of sp³-hybridized carbons (Fsp3) is 0.278. The maximum Gasteiger partial charge on any atom is 0.416 e. The van der Waals surface area contributed by atoms with Gasteiger partial charge in [0.2, 0.25) is 0 Å². The molecule has 1 saturated heterocycles. The Morgan fingerprint density at radius 2 is 1.92 bits per heavy atom. The summed E-state index contributed by atoms with van der Waals surface area (Å²) in [4.78, 5) is 14.4. The van der Waals surface area contributed by atoms with Crippen LogP contribution in [0.1, 0.15) is 26.9 Å². The molecule has 2 aromatic carbocycles. The summed E-state index contributed by atoms with van der Waals surface area (Å²) >= 11 is 1.47. The number of carbonyl (C=O) groups excluding carboxylic acids is 1. The molecule has 7 heteroatoms. The predicted molar refractivity (Wildman–Crippen MR) is 90.7 cm³/mol. The molecule has 1 atom stereocenters. The van der Waals surface area contributed by atoms with Crippen molar-refractivity contribution in [1.29, 1.82) is 0 Å². The molecule has 0 bridgehead atoms. The minimum absolute atomic E-state index is 0.199. The molecule has 1 fully saturated rings. The third-order valence-corrected chi connectivity index (χ3v) is 5.25. The summed E-state index contributed by atoms with van der Waals surface area (Å²) in [6.07, 6.45) is -4.40. The number of amides is 1. The van der Waals surface area contributed by atoms with Gasteiger partial charge in [0.1, 0.15) is 11.1 Å². The van der Waals surface area contributed by atoms with Crippen molar-refractivity contribution in [1.82, 2.24) is 4.90 Å². The maximum absolute atomic E-state index is 12.9. The Balaban J connectivity index is 1.86. The van der Waals surface area contributed by atoms with E-state index in [1.54, 1.807) is 35.2 Å². The molecule has 132 valence electrons. The highest BCUT2D eigenvalue weighted by Crippen LogP contribution is 2.40. The molecule has 3 nitrogen and oxygen atoms in total. The number of ether oxygens (including phenoxy) is 1. The molecule has 0 radical (unpaired) electrons. The number of alkyl halides is 3. The number of hydrogen-bond acceptors (Lipinski definition) is 3. The smallest absolute Gasteiger partial charge is 0.416 e. The second-order valence-corrected chi connectivity index (χ2v) is 6.76. The first-order valence-corrected chi connectivity index (χ1v) is 8.69. The van der Waals surface area contributed by atoms with Crippen molar-refractivity contribution in [3.8, 4) is 5.75 Å². The molecular weight excluding hydrogens is 351 g/mol. The van der Waals surface area contributed by atoms with Crippen LogP contribution < -0.4 is 4.74 Å². The minimum atomic E-state index is -4.40. The Morgan fingerprint density at radius 1 is 1.20 bits per heavy atom. The van der Waals surface area contributed by atoms with E-state index >= 15 is 0 Å². The zero-order chi connectivity index (χ0) is 18.0. The summed E-state index contributed by atoms with van der Waals surface area (Å²) in [5.74, 6) is 1.12. The lowest BCUT2D eigenvalue weighted by Gasteiger charge is -2.25. The molecule has 1 aliphatic rings. The quantitative estimate of drug-likeness (QED) is 0.794. The molecule has 2 aromatic rings. The van der Waals surface area contributed by atoms with Crippen molar-refractivity contribution in [2.45, 2.75) is 11.6 Å². The number of methoxy groups -OCH3 is 1. The number of rotatable bonds is 3. The van der Waals surface area contributed by atoms with E-state index in [-0.39, 0.29) is 5.91 Å². The Labute approximate surface area is 147 Å². The van der Waals surface area contributed by atoms with Crippen molar-refractivity contribution in [2.75, 3.05) is 19.4 Å². The molecular formula is C18H16F3NO2S. The summed E-state index contributed by atoms with van der Waals surface area (Å²) in [5.41, 5.74) is 0.272. The topological polar surface area (TPSA) is 29.5 Å². The first-order chi connectivity index (χ1) is 11.9. The third kappa shape index (κ3) is 3.76. The van der Waals surface area contributed by atoms with Gasteiger partial charge in [-0.2, -0.15) is 13.2 Å². The lowest BCUT2D eigenvalue weighted by Crippen LogP contribution is -2.30. The molecule has 0 spiro atoms. The molecule has 0 saturated carbocycles. The third-order valence-electron chi connectivity index (χ3n) is 3.99. The van der Waals surface area contributed by atoms with Crippen LogP contribution in [-0.2, 0) is 6.18 Å². The standard InChI is InChI=1S/C18H16F3NO2S/c1-24-15-7-5-12(6-8-15)16(23)22-9-10-25-17(22)13-3-2-4-14(11-13)18(19,20)21/h2-8,11,17H,9-10H2,1H3/t17-/m1/s1. The number of halogens is 3. The lowest BCUT2D eigenvalue weighted by molar-refractivity contribution is -0.137. The van der Waals surface area contributed by atoms with Crippen LogP contribution in [0.3, 0.4) is 0 Å². The van der Waals surface area contributed by atoms with E-state index in [9.17, 15) is 18.0 Å². The Morgan fingerprint density at radius 3 is 2.56 bits per heavy atom. The van der Waals surface area contributed by atoms with Gasteiger partial charge in [0.05, 0.1) is 12.7 Å². The van der Waals surface area contributed by atoms with E-state index < -0.39 is 17.1 Å². The summed E-state index contributed by atoms with van der Waals surface area (Å²) in [5, 5.41) is -0.420. The van der Waals surface area contributed by atoms with Crippen LogP contribution in [0.2, 0.25) is 0 Å². The number of nitrogens with zero attached hydrogens (tertiary/aromatic N) is 1. The maximum atomic E-state index is 12.9.